The van der Waals surface area contributed by atoms with Crippen LogP contribution < -0.4 is 4.74 Å². The van der Waals surface area contributed by atoms with Gasteiger partial charge in [0.15, 0.2) is 4.67 Å². The van der Waals surface area contributed by atoms with Crippen molar-refractivity contribution in [3.63, 3.8) is 0 Å². The van der Waals surface area contributed by atoms with Gasteiger partial charge in [-0.1, -0.05) is 12.8 Å². The predicted molar refractivity (Wildman–Crippen MR) is 95.7 cm³/mol. The fourth-order valence-electron chi connectivity index (χ4n) is 3.01. The maximum atomic E-state index is 12.9. The van der Waals surface area contributed by atoms with E-state index < -0.39 is 0 Å². The largest absolute Gasteiger partial charge is 0.490 e. The van der Waals surface area contributed by atoms with Crippen LogP contribution in [0, 0.1) is 0 Å². The molecule has 2 heterocycles. The molecule has 1 saturated heterocycles. The highest BCUT2D eigenvalue weighted by Gasteiger charge is 2.20. The number of nitrogens with zero attached hydrogens (tertiary/aromatic N) is 1. The number of likely N-dealkylation sites (tertiary alicyclic amines) is 1. The lowest BCUT2D eigenvalue weighted by Crippen LogP contribution is -2.31. The van der Waals surface area contributed by atoms with Crippen molar-refractivity contribution in [2.75, 3.05) is 33.4 Å². The number of fused-ring (bicyclic) bond motifs is 1. The van der Waals surface area contributed by atoms with Crippen molar-refractivity contribution < 1.29 is 18.7 Å². The van der Waals surface area contributed by atoms with E-state index in [2.05, 4.69) is 15.9 Å². The van der Waals surface area contributed by atoms with Crippen molar-refractivity contribution in [3.05, 3.63) is 28.4 Å². The second-order valence-electron chi connectivity index (χ2n) is 5.98. The number of hydrogen-bond acceptors (Lipinski definition) is 4. The molecule has 0 radical (unpaired) electrons. The first-order chi connectivity index (χ1) is 11.7. The zero-order chi connectivity index (χ0) is 16.9. The molecule has 3 rings (SSSR count). The normalized spacial score (nSPS) is 15.5. The highest BCUT2D eigenvalue weighted by molar-refractivity contribution is 9.10. The Bertz CT molecular complexity index is 704. The van der Waals surface area contributed by atoms with Crippen molar-refractivity contribution in [1.82, 2.24) is 4.90 Å². The SMILES string of the molecule is COCCOc1cc(C(=O)N2CCCCCC2)cc2oc(Br)cc12. The lowest BCUT2D eigenvalue weighted by molar-refractivity contribution is 0.0761. The van der Waals surface area contributed by atoms with Crippen molar-refractivity contribution in [2.45, 2.75) is 25.7 Å². The molecule has 5 nitrogen and oxygen atoms in total. The number of carbonyl (C=O) groups is 1. The van der Waals surface area contributed by atoms with E-state index in [9.17, 15) is 4.79 Å². The summed E-state index contributed by atoms with van der Waals surface area (Å²) in [6, 6.07) is 5.47. The lowest BCUT2D eigenvalue weighted by atomic mass is 10.1. The van der Waals surface area contributed by atoms with Crippen LogP contribution in [-0.4, -0.2) is 44.2 Å². The molecular formula is C18H22BrNO4. The highest BCUT2D eigenvalue weighted by Crippen LogP contribution is 2.33. The van der Waals surface area contributed by atoms with Gasteiger partial charge in [0, 0.05) is 31.8 Å². The first-order valence-electron chi connectivity index (χ1n) is 8.33. The van der Waals surface area contributed by atoms with E-state index >= 15 is 0 Å². The van der Waals surface area contributed by atoms with Gasteiger partial charge in [-0.2, -0.15) is 0 Å². The van der Waals surface area contributed by atoms with E-state index in [0.717, 1.165) is 31.3 Å². The first-order valence-corrected chi connectivity index (χ1v) is 9.12. The summed E-state index contributed by atoms with van der Waals surface area (Å²) in [5.41, 5.74) is 1.26. The second kappa shape index (κ2) is 8.03. The molecule has 0 unspecified atom stereocenters. The lowest BCUT2D eigenvalue weighted by Gasteiger charge is -2.20. The van der Waals surface area contributed by atoms with Crippen molar-refractivity contribution in [1.29, 1.82) is 0 Å². The van der Waals surface area contributed by atoms with Gasteiger partial charge >= 0.3 is 0 Å². The monoisotopic (exact) mass is 395 g/mol. The molecule has 2 aromatic rings. The smallest absolute Gasteiger partial charge is 0.254 e. The van der Waals surface area contributed by atoms with E-state index in [1.807, 2.05) is 17.0 Å². The summed E-state index contributed by atoms with van der Waals surface area (Å²) < 4.78 is 17.1. The molecule has 1 aromatic heterocycles. The molecule has 0 spiro atoms. The zero-order valence-corrected chi connectivity index (χ0v) is 15.4. The van der Waals surface area contributed by atoms with Crippen LogP contribution in [-0.2, 0) is 4.74 Å². The summed E-state index contributed by atoms with van der Waals surface area (Å²) in [6.07, 6.45) is 4.52. The van der Waals surface area contributed by atoms with Crippen LogP contribution >= 0.6 is 15.9 Å². The third-order valence-electron chi connectivity index (χ3n) is 4.25. The standard InChI is InChI=1S/C18H22BrNO4/c1-22-8-9-23-15-10-13(11-16-14(15)12-17(19)24-16)18(21)20-6-4-2-3-5-7-20/h10-12H,2-9H2,1H3. The molecular weight excluding hydrogens is 374 g/mol. The Labute approximate surface area is 150 Å². The van der Waals surface area contributed by atoms with Gasteiger partial charge in [0.1, 0.15) is 17.9 Å². The Morgan fingerprint density at radius 1 is 1.17 bits per heavy atom. The van der Waals surface area contributed by atoms with Crippen LogP contribution in [0.3, 0.4) is 0 Å². The maximum Gasteiger partial charge on any atom is 0.254 e. The minimum atomic E-state index is 0.0444. The molecule has 0 saturated carbocycles. The van der Waals surface area contributed by atoms with Crippen LogP contribution in [0.5, 0.6) is 5.75 Å². The molecule has 0 bridgehead atoms. The fourth-order valence-corrected chi connectivity index (χ4v) is 3.41. The Hall–Kier alpha value is -1.53. The van der Waals surface area contributed by atoms with E-state index in [1.54, 1.807) is 13.2 Å². The van der Waals surface area contributed by atoms with E-state index in [4.69, 9.17) is 13.9 Å². The summed E-state index contributed by atoms with van der Waals surface area (Å²) in [7, 11) is 1.63. The molecule has 0 N–H and O–H groups in total. The summed E-state index contributed by atoms with van der Waals surface area (Å²) >= 11 is 3.35. The van der Waals surface area contributed by atoms with Crippen molar-refractivity contribution in [2.24, 2.45) is 0 Å². The number of carbonyl (C=O) groups excluding carboxylic acids is 1. The Morgan fingerprint density at radius 3 is 2.62 bits per heavy atom. The minimum absolute atomic E-state index is 0.0444. The molecule has 1 aromatic carbocycles. The Kier molecular flexibility index (Phi) is 5.79. The molecule has 1 fully saturated rings. The molecule has 6 heteroatoms. The van der Waals surface area contributed by atoms with Crippen molar-refractivity contribution in [3.8, 4) is 5.75 Å². The van der Waals surface area contributed by atoms with Gasteiger partial charge in [-0.15, -0.1) is 0 Å². The van der Waals surface area contributed by atoms with E-state index in [0.29, 0.717) is 34.8 Å². The minimum Gasteiger partial charge on any atom is -0.490 e. The van der Waals surface area contributed by atoms with Crippen molar-refractivity contribution >= 4 is 32.8 Å². The third-order valence-corrected chi connectivity index (χ3v) is 4.65. The summed E-state index contributed by atoms with van der Waals surface area (Å²) in [5.74, 6) is 0.695. The molecule has 1 aliphatic heterocycles. The van der Waals surface area contributed by atoms with Crippen LogP contribution in [0.4, 0.5) is 0 Å². The number of furan rings is 1. The van der Waals surface area contributed by atoms with Crippen LogP contribution in [0.25, 0.3) is 11.0 Å². The third kappa shape index (κ3) is 3.92. The fraction of sp³-hybridized carbons (Fsp3) is 0.500. The Balaban J connectivity index is 1.90. The molecule has 130 valence electrons. The molecule has 1 aliphatic rings. The van der Waals surface area contributed by atoms with Gasteiger partial charge in [-0.05, 0) is 40.9 Å². The number of ether oxygens (including phenoxy) is 2. The number of methoxy groups -OCH3 is 1. The predicted octanol–water partition coefficient (Wildman–Crippen LogP) is 4.24. The highest BCUT2D eigenvalue weighted by atomic mass is 79.9. The van der Waals surface area contributed by atoms with E-state index in [-0.39, 0.29) is 5.91 Å². The van der Waals surface area contributed by atoms with Gasteiger partial charge in [0.25, 0.3) is 5.91 Å². The summed E-state index contributed by atoms with van der Waals surface area (Å²) in [4.78, 5) is 14.8. The summed E-state index contributed by atoms with van der Waals surface area (Å²) in [6.45, 7) is 2.55. The van der Waals surface area contributed by atoms with E-state index in [1.165, 1.54) is 12.8 Å². The van der Waals surface area contributed by atoms with Gasteiger partial charge in [0.2, 0.25) is 0 Å². The molecule has 0 aliphatic carbocycles. The van der Waals surface area contributed by atoms with Crippen LogP contribution in [0.2, 0.25) is 0 Å². The number of benzene rings is 1. The average molecular weight is 396 g/mol. The average Bonchev–Trinajstić information content (AvgIpc) is 2.78. The number of halogens is 1. The zero-order valence-electron chi connectivity index (χ0n) is 13.8. The summed E-state index contributed by atoms with van der Waals surface area (Å²) in [5, 5.41) is 0.852. The number of amides is 1. The molecule has 0 atom stereocenters. The number of rotatable bonds is 5. The topological polar surface area (TPSA) is 51.9 Å². The van der Waals surface area contributed by atoms with Gasteiger partial charge in [-0.3, -0.25) is 4.79 Å². The number of hydrogen-bond donors (Lipinski definition) is 0. The van der Waals surface area contributed by atoms with Gasteiger partial charge in [0.05, 0.1) is 12.0 Å². The quantitative estimate of drug-likeness (QED) is 0.710. The van der Waals surface area contributed by atoms with Gasteiger partial charge in [-0.25, -0.2) is 0 Å². The van der Waals surface area contributed by atoms with Crippen LogP contribution in [0.15, 0.2) is 27.3 Å². The Morgan fingerprint density at radius 2 is 1.92 bits per heavy atom. The molecule has 1 amide bonds. The second-order valence-corrected chi connectivity index (χ2v) is 6.77. The molecule has 24 heavy (non-hydrogen) atoms. The van der Waals surface area contributed by atoms with Gasteiger partial charge < -0.3 is 18.8 Å². The first kappa shape index (κ1) is 17.3. The maximum absolute atomic E-state index is 12.9. The van der Waals surface area contributed by atoms with Crippen LogP contribution in [0.1, 0.15) is 36.0 Å².